The molecule has 94 valence electrons. The molecule has 0 saturated carbocycles. The molecule has 5 nitrogen and oxygen atoms in total. The Bertz CT molecular complexity index is 241. The summed E-state index contributed by atoms with van der Waals surface area (Å²) in [5.74, 6) is -0.719. The number of rotatable bonds is 7. The van der Waals surface area contributed by atoms with Crippen LogP contribution in [0.5, 0.6) is 0 Å². The van der Waals surface area contributed by atoms with Crippen molar-refractivity contribution in [2.75, 3.05) is 6.54 Å². The van der Waals surface area contributed by atoms with E-state index in [-0.39, 0.29) is 24.2 Å². The maximum Gasteiger partial charge on any atom is 0.303 e. The summed E-state index contributed by atoms with van der Waals surface area (Å²) in [6.45, 7) is 6.16. The van der Waals surface area contributed by atoms with Crippen molar-refractivity contribution in [2.45, 2.75) is 39.7 Å². The topological polar surface area (TPSA) is 92.4 Å². The number of carbonyl (C=O) groups excluding carboxylic acids is 1. The predicted octanol–water partition coefficient (Wildman–Crippen LogP) is 0.587. The highest BCUT2D eigenvalue weighted by molar-refractivity contribution is 5.81. The smallest absolute Gasteiger partial charge is 0.303 e. The first-order valence-corrected chi connectivity index (χ1v) is 5.59. The Morgan fingerprint density at radius 3 is 2.31 bits per heavy atom. The molecule has 0 fully saturated rings. The van der Waals surface area contributed by atoms with Crippen molar-refractivity contribution in [2.24, 2.45) is 17.6 Å². The van der Waals surface area contributed by atoms with E-state index in [0.717, 1.165) is 0 Å². The first-order chi connectivity index (χ1) is 7.34. The van der Waals surface area contributed by atoms with E-state index in [4.69, 9.17) is 10.8 Å². The second-order valence-electron chi connectivity index (χ2n) is 4.55. The molecular weight excluding hydrogens is 208 g/mol. The van der Waals surface area contributed by atoms with Gasteiger partial charge in [0.25, 0.3) is 0 Å². The zero-order valence-corrected chi connectivity index (χ0v) is 10.2. The highest BCUT2D eigenvalue weighted by atomic mass is 16.4. The molecule has 0 aliphatic heterocycles. The lowest BCUT2D eigenvalue weighted by Gasteiger charge is -2.17. The van der Waals surface area contributed by atoms with Gasteiger partial charge in [-0.05, 0) is 18.3 Å². The standard InChI is InChI=1S/C11H22N2O3/c1-7(2)10(12)11(16)13-6-8(3)4-5-9(14)15/h7-8,10H,4-6,12H2,1-3H3,(H,13,16)(H,14,15)/t8?,10-/m0/s1. The van der Waals surface area contributed by atoms with Crippen LogP contribution in [0.3, 0.4) is 0 Å². The Balaban J connectivity index is 3.79. The van der Waals surface area contributed by atoms with E-state index in [1.165, 1.54) is 0 Å². The van der Waals surface area contributed by atoms with Gasteiger partial charge in [-0.15, -0.1) is 0 Å². The third-order valence-corrected chi connectivity index (χ3v) is 2.50. The van der Waals surface area contributed by atoms with Gasteiger partial charge in [-0.3, -0.25) is 9.59 Å². The van der Waals surface area contributed by atoms with Crippen LogP contribution >= 0.6 is 0 Å². The largest absolute Gasteiger partial charge is 0.481 e. The van der Waals surface area contributed by atoms with Crippen LogP contribution in [-0.4, -0.2) is 29.6 Å². The Morgan fingerprint density at radius 2 is 1.88 bits per heavy atom. The lowest BCUT2D eigenvalue weighted by molar-refractivity contribution is -0.137. The molecule has 0 aromatic rings. The normalized spacial score (nSPS) is 14.6. The fourth-order valence-electron chi connectivity index (χ4n) is 1.17. The minimum atomic E-state index is -0.808. The molecule has 2 atom stereocenters. The van der Waals surface area contributed by atoms with Gasteiger partial charge in [-0.25, -0.2) is 0 Å². The highest BCUT2D eigenvalue weighted by Gasteiger charge is 2.17. The second kappa shape index (κ2) is 7.22. The average molecular weight is 230 g/mol. The Morgan fingerprint density at radius 1 is 1.31 bits per heavy atom. The zero-order valence-electron chi connectivity index (χ0n) is 10.2. The number of nitrogens with one attached hydrogen (secondary N) is 1. The maximum atomic E-state index is 11.5. The molecule has 0 aromatic carbocycles. The van der Waals surface area contributed by atoms with E-state index in [9.17, 15) is 9.59 Å². The van der Waals surface area contributed by atoms with Gasteiger partial charge in [0.05, 0.1) is 6.04 Å². The summed E-state index contributed by atoms with van der Waals surface area (Å²) < 4.78 is 0. The molecule has 1 amide bonds. The zero-order chi connectivity index (χ0) is 12.7. The number of amides is 1. The highest BCUT2D eigenvalue weighted by Crippen LogP contribution is 2.04. The quantitative estimate of drug-likeness (QED) is 0.596. The number of carboxylic acids is 1. The van der Waals surface area contributed by atoms with Crippen molar-refractivity contribution >= 4 is 11.9 Å². The van der Waals surface area contributed by atoms with Gasteiger partial charge in [0.15, 0.2) is 0 Å². The van der Waals surface area contributed by atoms with Crippen LogP contribution in [0.1, 0.15) is 33.6 Å². The van der Waals surface area contributed by atoms with Crippen LogP contribution in [0.4, 0.5) is 0 Å². The van der Waals surface area contributed by atoms with Crippen molar-refractivity contribution in [3.05, 3.63) is 0 Å². The van der Waals surface area contributed by atoms with Gasteiger partial charge < -0.3 is 16.2 Å². The minimum absolute atomic E-state index is 0.106. The molecule has 0 heterocycles. The SMILES string of the molecule is CC(CCC(=O)O)CNC(=O)[C@@H](N)C(C)C. The molecular formula is C11H22N2O3. The van der Waals surface area contributed by atoms with Crippen molar-refractivity contribution < 1.29 is 14.7 Å². The molecule has 5 heteroatoms. The van der Waals surface area contributed by atoms with Crippen LogP contribution in [-0.2, 0) is 9.59 Å². The van der Waals surface area contributed by atoms with E-state index >= 15 is 0 Å². The maximum absolute atomic E-state index is 11.5. The molecule has 0 aromatic heterocycles. The van der Waals surface area contributed by atoms with Gasteiger partial charge in [-0.2, -0.15) is 0 Å². The van der Waals surface area contributed by atoms with Crippen LogP contribution in [0.25, 0.3) is 0 Å². The number of carbonyl (C=O) groups is 2. The van der Waals surface area contributed by atoms with E-state index in [0.29, 0.717) is 13.0 Å². The van der Waals surface area contributed by atoms with Gasteiger partial charge in [0, 0.05) is 13.0 Å². The summed E-state index contributed by atoms with van der Waals surface area (Å²) in [6.07, 6.45) is 0.694. The van der Waals surface area contributed by atoms with E-state index in [1.807, 2.05) is 20.8 Å². The predicted molar refractivity (Wildman–Crippen MR) is 61.9 cm³/mol. The van der Waals surface area contributed by atoms with Crippen molar-refractivity contribution in [3.63, 3.8) is 0 Å². The Hall–Kier alpha value is -1.10. The summed E-state index contributed by atoms with van der Waals surface area (Å²) in [5, 5.41) is 11.2. The second-order valence-corrected chi connectivity index (χ2v) is 4.55. The average Bonchev–Trinajstić information content (AvgIpc) is 2.21. The lowest BCUT2D eigenvalue weighted by atomic mass is 10.0. The van der Waals surface area contributed by atoms with Gasteiger partial charge in [-0.1, -0.05) is 20.8 Å². The molecule has 0 saturated heterocycles. The number of nitrogens with two attached hydrogens (primary N) is 1. The molecule has 1 unspecified atom stereocenters. The van der Waals surface area contributed by atoms with Crippen LogP contribution in [0, 0.1) is 11.8 Å². The molecule has 0 spiro atoms. The number of aliphatic carboxylic acids is 1. The van der Waals surface area contributed by atoms with Gasteiger partial charge in [0.2, 0.25) is 5.91 Å². The number of hydrogen-bond acceptors (Lipinski definition) is 3. The summed E-state index contributed by atoms with van der Waals surface area (Å²) in [6, 6.07) is -0.494. The molecule has 0 rings (SSSR count). The molecule has 16 heavy (non-hydrogen) atoms. The van der Waals surface area contributed by atoms with Gasteiger partial charge >= 0.3 is 5.97 Å². The van der Waals surface area contributed by atoms with E-state index < -0.39 is 12.0 Å². The lowest BCUT2D eigenvalue weighted by Crippen LogP contribution is -2.45. The molecule has 4 N–H and O–H groups in total. The first-order valence-electron chi connectivity index (χ1n) is 5.59. The third kappa shape index (κ3) is 6.40. The molecule has 0 aliphatic rings. The molecule has 0 radical (unpaired) electrons. The van der Waals surface area contributed by atoms with E-state index in [1.54, 1.807) is 0 Å². The molecule has 0 aliphatic carbocycles. The fraction of sp³-hybridized carbons (Fsp3) is 0.818. The Labute approximate surface area is 96.4 Å². The van der Waals surface area contributed by atoms with Gasteiger partial charge in [0.1, 0.15) is 0 Å². The monoisotopic (exact) mass is 230 g/mol. The van der Waals surface area contributed by atoms with E-state index in [2.05, 4.69) is 5.32 Å². The fourth-order valence-corrected chi connectivity index (χ4v) is 1.17. The Kier molecular flexibility index (Phi) is 6.72. The van der Waals surface area contributed by atoms with Crippen molar-refractivity contribution in [3.8, 4) is 0 Å². The summed E-state index contributed by atoms with van der Waals surface area (Å²) >= 11 is 0. The van der Waals surface area contributed by atoms with Crippen LogP contribution in [0.15, 0.2) is 0 Å². The number of hydrogen-bond donors (Lipinski definition) is 3. The summed E-state index contributed by atoms with van der Waals surface area (Å²) in [5.41, 5.74) is 5.66. The minimum Gasteiger partial charge on any atom is -0.481 e. The first kappa shape index (κ1) is 14.9. The van der Waals surface area contributed by atoms with Crippen molar-refractivity contribution in [1.82, 2.24) is 5.32 Å². The molecule has 0 bridgehead atoms. The van der Waals surface area contributed by atoms with Crippen LogP contribution < -0.4 is 11.1 Å². The van der Waals surface area contributed by atoms with Crippen molar-refractivity contribution in [1.29, 1.82) is 0 Å². The van der Waals surface area contributed by atoms with Crippen LogP contribution in [0.2, 0.25) is 0 Å². The summed E-state index contributed by atoms with van der Waals surface area (Å²) in [7, 11) is 0. The number of carboxylic acid groups (broad SMARTS) is 1. The third-order valence-electron chi connectivity index (χ3n) is 2.50. The summed E-state index contributed by atoms with van der Waals surface area (Å²) in [4.78, 5) is 21.8.